The van der Waals surface area contributed by atoms with Crippen molar-refractivity contribution in [3.8, 4) is 0 Å². The van der Waals surface area contributed by atoms with Crippen LogP contribution in [0.1, 0.15) is 16.7 Å². The fourth-order valence-corrected chi connectivity index (χ4v) is 3.06. The lowest BCUT2D eigenvalue weighted by atomic mass is 10.1. The van der Waals surface area contributed by atoms with Gasteiger partial charge in [0.2, 0.25) is 0 Å². The Morgan fingerprint density at radius 1 is 1.11 bits per heavy atom. The fourth-order valence-electron chi connectivity index (χ4n) is 2.20. The SMILES string of the molecule is Cc1cscc1CNCc1cccc2[nH]ccc12. The zero-order valence-electron chi connectivity index (χ0n) is 10.4. The standard InChI is InChI=1S/C15H16N2S/c1-11-9-18-10-13(11)8-16-7-12-3-2-4-15-14(12)5-6-17-15/h2-6,9-10,16-17H,7-8H2,1H3. The number of rotatable bonds is 4. The number of aromatic nitrogens is 1. The molecular weight excluding hydrogens is 240 g/mol. The van der Waals surface area contributed by atoms with Crippen LogP contribution >= 0.6 is 11.3 Å². The number of aryl methyl sites for hydroxylation is 1. The summed E-state index contributed by atoms with van der Waals surface area (Å²) >= 11 is 1.77. The lowest BCUT2D eigenvalue weighted by molar-refractivity contribution is 0.696. The van der Waals surface area contributed by atoms with Gasteiger partial charge in [-0.1, -0.05) is 12.1 Å². The van der Waals surface area contributed by atoms with Crippen molar-refractivity contribution in [1.82, 2.24) is 10.3 Å². The zero-order chi connectivity index (χ0) is 12.4. The van der Waals surface area contributed by atoms with Crippen molar-refractivity contribution < 1.29 is 0 Å². The molecule has 18 heavy (non-hydrogen) atoms. The second kappa shape index (κ2) is 4.96. The van der Waals surface area contributed by atoms with Gasteiger partial charge in [0.25, 0.3) is 0 Å². The van der Waals surface area contributed by atoms with Crippen LogP contribution in [0, 0.1) is 6.92 Å². The predicted octanol–water partition coefficient (Wildman–Crippen LogP) is 3.83. The van der Waals surface area contributed by atoms with E-state index < -0.39 is 0 Å². The molecule has 0 atom stereocenters. The van der Waals surface area contributed by atoms with Crippen LogP contribution in [0.15, 0.2) is 41.2 Å². The summed E-state index contributed by atoms with van der Waals surface area (Å²) in [6.45, 7) is 4.01. The summed E-state index contributed by atoms with van der Waals surface area (Å²) in [5, 5.41) is 9.25. The van der Waals surface area contributed by atoms with E-state index in [9.17, 15) is 0 Å². The van der Waals surface area contributed by atoms with E-state index >= 15 is 0 Å². The molecule has 92 valence electrons. The molecule has 3 aromatic rings. The molecule has 0 saturated heterocycles. The molecule has 0 aliphatic heterocycles. The number of H-pyrrole nitrogens is 1. The average Bonchev–Trinajstić information content (AvgIpc) is 2.99. The second-order valence-corrected chi connectivity index (χ2v) is 5.28. The normalized spacial score (nSPS) is 11.2. The van der Waals surface area contributed by atoms with Gasteiger partial charge in [0.05, 0.1) is 0 Å². The van der Waals surface area contributed by atoms with Gasteiger partial charge in [0, 0.05) is 30.2 Å². The van der Waals surface area contributed by atoms with E-state index in [0.29, 0.717) is 0 Å². The highest BCUT2D eigenvalue weighted by Crippen LogP contribution is 2.18. The Kier molecular flexibility index (Phi) is 3.17. The third kappa shape index (κ3) is 2.19. The third-order valence-electron chi connectivity index (χ3n) is 3.28. The molecule has 0 amide bonds. The number of aromatic amines is 1. The minimum absolute atomic E-state index is 0.907. The van der Waals surface area contributed by atoms with Crippen LogP contribution < -0.4 is 5.32 Å². The van der Waals surface area contributed by atoms with Crippen LogP contribution in [0.5, 0.6) is 0 Å². The molecule has 2 aromatic heterocycles. The molecule has 0 aliphatic rings. The van der Waals surface area contributed by atoms with Crippen LogP contribution in [0.4, 0.5) is 0 Å². The molecule has 2 heterocycles. The number of hydrogen-bond acceptors (Lipinski definition) is 2. The van der Waals surface area contributed by atoms with E-state index in [1.54, 1.807) is 11.3 Å². The molecule has 0 unspecified atom stereocenters. The van der Waals surface area contributed by atoms with E-state index in [4.69, 9.17) is 0 Å². The topological polar surface area (TPSA) is 27.8 Å². The number of benzene rings is 1. The van der Waals surface area contributed by atoms with Crippen molar-refractivity contribution in [2.45, 2.75) is 20.0 Å². The van der Waals surface area contributed by atoms with Gasteiger partial charge in [0.15, 0.2) is 0 Å². The first kappa shape index (κ1) is 11.5. The molecule has 1 aromatic carbocycles. The highest BCUT2D eigenvalue weighted by atomic mass is 32.1. The van der Waals surface area contributed by atoms with Crippen LogP contribution in [0.3, 0.4) is 0 Å². The van der Waals surface area contributed by atoms with Crippen molar-refractivity contribution in [1.29, 1.82) is 0 Å². The number of hydrogen-bond donors (Lipinski definition) is 2. The van der Waals surface area contributed by atoms with Gasteiger partial charge in [-0.05, 0) is 46.5 Å². The van der Waals surface area contributed by atoms with Crippen molar-refractivity contribution in [2.24, 2.45) is 0 Å². The maximum absolute atomic E-state index is 3.52. The van der Waals surface area contributed by atoms with E-state index in [2.05, 4.69) is 52.3 Å². The highest BCUT2D eigenvalue weighted by Gasteiger charge is 2.02. The van der Waals surface area contributed by atoms with Gasteiger partial charge in [-0.15, -0.1) is 0 Å². The van der Waals surface area contributed by atoms with Gasteiger partial charge < -0.3 is 10.3 Å². The van der Waals surface area contributed by atoms with Gasteiger partial charge in [0.1, 0.15) is 0 Å². The maximum Gasteiger partial charge on any atom is 0.0457 e. The molecule has 0 radical (unpaired) electrons. The molecule has 0 spiro atoms. The second-order valence-electron chi connectivity index (χ2n) is 4.54. The average molecular weight is 256 g/mol. The molecular formula is C15H16N2S. The Bertz CT molecular complexity index is 651. The summed E-state index contributed by atoms with van der Waals surface area (Å²) < 4.78 is 0. The van der Waals surface area contributed by atoms with Crippen molar-refractivity contribution in [3.63, 3.8) is 0 Å². The number of nitrogens with one attached hydrogen (secondary N) is 2. The minimum Gasteiger partial charge on any atom is -0.361 e. The van der Waals surface area contributed by atoms with E-state index in [-0.39, 0.29) is 0 Å². The Morgan fingerprint density at radius 3 is 2.83 bits per heavy atom. The van der Waals surface area contributed by atoms with Crippen molar-refractivity contribution in [2.75, 3.05) is 0 Å². The molecule has 3 rings (SSSR count). The van der Waals surface area contributed by atoms with Crippen LogP contribution in [0.25, 0.3) is 10.9 Å². The van der Waals surface area contributed by atoms with Gasteiger partial charge in [-0.2, -0.15) is 11.3 Å². The predicted molar refractivity (Wildman–Crippen MR) is 77.9 cm³/mol. The molecule has 0 bridgehead atoms. The largest absolute Gasteiger partial charge is 0.361 e. The summed E-state index contributed by atoms with van der Waals surface area (Å²) in [5.74, 6) is 0. The van der Waals surface area contributed by atoms with Gasteiger partial charge >= 0.3 is 0 Å². The summed E-state index contributed by atoms with van der Waals surface area (Å²) in [5.41, 5.74) is 5.34. The minimum atomic E-state index is 0.907. The quantitative estimate of drug-likeness (QED) is 0.729. The number of fused-ring (bicyclic) bond motifs is 1. The van der Waals surface area contributed by atoms with Crippen LogP contribution in [-0.4, -0.2) is 4.98 Å². The van der Waals surface area contributed by atoms with Crippen molar-refractivity contribution in [3.05, 3.63) is 57.9 Å². The summed E-state index contributed by atoms with van der Waals surface area (Å²) in [7, 11) is 0. The lowest BCUT2D eigenvalue weighted by Gasteiger charge is -2.06. The number of thiophene rings is 1. The molecule has 2 N–H and O–H groups in total. The first-order valence-corrected chi connectivity index (χ1v) is 7.06. The zero-order valence-corrected chi connectivity index (χ0v) is 11.2. The smallest absolute Gasteiger partial charge is 0.0457 e. The molecule has 0 fully saturated rings. The summed E-state index contributed by atoms with van der Waals surface area (Å²) in [6.07, 6.45) is 2.00. The third-order valence-corrected chi connectivity index (χ3v) is 4.19. The van der Waals surface area contributed by atoms with E-state index in [0.717, 1.165) is 13.1 Å². The molecule has 2 nitrogen and oxygen atoms in total. The van der Waals surface area contributed by atoms with Crippen LogP contribution in [-0.2, 0) is 13.1 Å². The first-order valence-electron chi connectivity index (χ1n) is 6.12. The first-order chi connectivity index (χ1) is 8.84. The molecule has 3 heteroatoms. The molecule has 0 saturated carbocycles. The van der Waals surface area contributed by atoms with E-state index in [1.807, 2.05) is 6.20 Å². The Morgan fingerprint density at radius 2 is 2.00 bits per heavy atom. The lowest BCUT2D eigenvalue weighted by Crippen LogP contribution is -2.12. The Hall–Kier alpha value is -1.58. The Balaban J connectivity index is 1.70. The molecule has 0 aliphatic carbocycles. The Labute approximate surface area is 111 Å². The van der Waals surface area contributed by atoms with Gasteiger partial charge in [-0.25, -0.2) is 0 Å². The maximum atomic E-state index is 3.52. The van der Waals surface area contributed by atoms with Crippen LogP contribution in [0.2, 0.25) is 0 Å². The monoisotopic (exact) mass is 256 g/mol. The fraction of sp³-hybridized carbons (Fsp3) is 0.200. The van der Waals surface area contributed by atoms with Crippen molar-refractivity contribution >= 4 is 22.2 Å². The highest BCUT2D eigenvalue weighted by molar-refractivity contribution is 7.08. The van der Waals surface area contributed by atoms with E-state index in [1.165, 1.54) is 27.6 Å². The summed E-state index contributed by atoms with van der Waals surface area (Å²) in [6, 6.07) is 8.54. The summed E-state index contributed by atoms with van der Waals surface area (Å²) in [4.78, 5) is 3.25. The van der Waals surface area contributed by atoms with Gasteiger partial charge in [-0.3, -0.25) is 0 Å².